The monoisotopic (exact) mass is 358 g/mol. The van der Waals surface area contributed by atoms with Crippen LogP contribution < -0.4 is 14.2 Å². The van der Waals surface area contributed by atoms with E-state index < -0.39 is 5.97 Å². The first-order chi connectivity index (χ1) is 12.6. The number of methoxy groups -OCH3 is 3. The second kappa shape index (κ2) is 9.36. The van der Waals surface area contributed by atoms with E-state index in [0.29, 0.717) is 12.0 Å². The van der Waals surface area contributed by atoms with Gasteiger partial charge in [-0.15, -0.1) is 0 Å². The molecule has 0 spiro atoms. The SMILES string of the molecule is COc1ccccc1CCOC(=O)/C=C/c1cc(OC)c(O)c(OC)c1. The summed E-state index contributed by atoms with van der Waals surface area (Å²) in [4.78, 5) is 11.9. The fourth-order valence-corrected chi connectivity index (χ4v) is 2.39. The van der Waals surface area contributed by atoms with Gasteiger partial charge in [0, 0.05) is 12.5 Å². The highest BCUT2D eigenvalue weighted by Gasteiger charge is 2.10. The zero-order chi connectivity index (χ0) is 18.9. The molecule has 26 heavy (non-hydrogen) atoms. The van der Waals surface area contributed by atoms with Crippen LogP contribution in [0.25, 0.3) is 6.08 Å². The first-order valence-corrected chi connectivity index (χ1v) is 8.00. The lowest BCUT2D eigenvalue weighted by molar-refractivity contribution is -0.137. The zero-order valence-electron chi connectivity index (χ0n) is 15.0. The van der Waals surface area contributed by atoms with Crippen molar-refractivity contribution >= 4 is 12.0 Å². The van der Waals surface area contributed by atoms with E-state index in [2.05, 4.69) is 0 Å². The van der Waals surface area contributed by atoms with Crippen molar-refractivity contribution < 1.29 is 28.8 Å². The molecule has 0 aliphatic heterocycles. The number of para-hydroxylation sites is 1. The van der Waals surface area contributed by atoms with Gasteiger partial charge in [-0.2, -0.15) is 0 Å². The van der Waals surface area contributed by atoms with Crippen LogP contribution in [-0.4, -0.2) is 39.0 Å². The molecule has 0 aromatic heterocycles. The molecule has 2 aromatic carbocycles. The zero-order valence-corrected chi connectivity index (χ0v) is 15.0. The van der Waals surface area contributed by atoms with Gasteiger partial charge in [0.25, 0.3) is 0 Å². The smallest absolute Gasteiger partial charge is 0.330 e. The summed E-state index contributed by atoms with van der Waals surface area (Å²) in [6.07, 6.45) is 3.44. The summed E-state index contributed by atoms with van der Waals surface area (Å²) in [5, 5.41) is 9.88. The Kier molecular flexibility index (Phi) is 6.91. The highest BCUT2D eigenvalue weighted by Crippen LogP contribution is 2.37. The lowest BCUT2D eigenvalue weighted by atomic mass is 10.1. The summed E-state index contributed by atoms with van der Waals surface area (Å²) in [5.74, 6) is 0.724. The molecule has 2 rings (SSSR count). The highest BCUT2D eigenvalue weighted by molar-refractivity contribution is 5.87. The Labute approximate surface area is 152 Å². The Balaban J connectivity index is 1.95. The van der Waals surface area contributed by atoms with E-state index in [4.69, 9.17) is 18.9 Å². The molecule has 0 saturated heterocycles. The summed E-state index contributed by atoms with van der Waals surface area (Å²) >= 11 is 0. The molecule has 0 amide bonds. The van der Waals surface area contributed by atoms with Crippen LogP contribution in [0.15, 0.2) is 42.5 Å². The molecule has 6 nitrogen and oxygen atoms in total. The van der Waals surface area contributed by atoms with Gasteiger partial charge in [-0.1, -0.05) is 18.2 Å². The van der Waals surface area contributed by atoms with Gasteiger partial charge in [0.2, 0.25) is 5.75 Å². The predicted molar refractivity (Wildman–Crippen MR) is 97.9 cm³/mol. The van der Waals surface area contributed by atoms with Crippen LogP contribution in [0.2, 0.25) is 0 Å². The predicted octanol–water partition coefficient (Wildman–Crippen LogP) is 3.22. The first kappa shape index (κ1) is 19.2. The number of hydrogen-bond acceptors (Lipinski definition) is 6. The van der Waals surface area contributed by atoms with Gasteiger partial charge in [-0.25, -0.2) is 4.79 Å². The maximum Gasteiger partial charge on any atom is 0.330 e. The van der Waals surface area contributed by atoms with Crippen molar-refractivity contribution in [2.45, 2.75) is 6.42 Å². The summed E-state index contributed by atoms with van der Waals surface area (Å²) in [6, 6.07) is 10.8. The number of carbonyl (C=O) groups is 1. The average Bonchev–Trinajstić information content (AvgIpc) is 2.67. The third-order valence-corrected chi connectivity index (χ3v) is 3.72. The molecular weight excluding hydrogens is 336 g/mol. The summed E-state index contributed by atoms with van der Waals surface area (Å²) < 4.78 is 20.6. The minimum absolute atomic E-state index is 0.0912. The van der Waals surface area contributed by atoms with Gasteiger partial charge >= 0.3 is 5.97 Å². The number of hydrogen-bond donors (Lipinski definition) is 1. The molecule has 0 saturated carbocycles. The second-order valence-electron chi connectivity index (χ2n) is 5.34. The maximum absolute atomic E-state index is 11.9. The van der Waals surface area contributed by atoms with E-state index in [9.17, 15) is 9.90 Å². The average molecular weight is 358 g/mol. The first-order valence-electron chi connectivity index (χ1n) is 8.00. The molecule has 0 aliphatic rings. The summed E-state index contributed by atoms with van der Waals surface area (Å²) in [6.45, 7) is 0.242. The minimum Gasteiger partial charge on any atom is -0.502 e. The quantitative estimate of drug-likeness (QED) is 0.577. The standard InChI is InChI=1S/C20H22O6/c1-23-16-7-5-4-6-15(16)10-11-26-19(21)9-8-14-12-17(24-2)20(22)18(13-14)25-3/h4-9,12-13,22H,10-11H2,1-3H3/b9-8+. The number of benzene rings is 2. The van der Waals surface area contributed by atoms with Crippen molar-refractivity contribution in [2.24, 2.45) is 0 Å². The molecule has 0 atom stereocenters. The van der Waals surface area contributed by atoms with E-state index in [0.717, 1.165) is 11.3 Å². The van der Waals surface area contributed by atoms with Crippen molar-refractivity contribution in [3.63, 3.8) is 0 Å². The van der Waals surface area contributed by atoms with Crippen molar-refractivity contribution in [3.8, 4) is 23.0 Å². The van der Waals surface area contributed by atoms with Crippen molar-refractivity contribution in [2.75, 3.05) is 27.9 Å². The number of aromatic hydroxyl groups is 1. The Bertz CT molecular complexity index is 757. The topological polar surface area (TPSA) is 74.2 Å². The fraction of sp³-hybridized carbons (Fsp3) is 0.250. The number of phenolic OH excluding ortho intramolecular Hbond substituents is 1. The highest BCUT2D eigenvalue weighted by atomic mass is 16.5. The second-order valence-corrected chi connectivity index (χ2v) is 5.34. The van der Waals surface area contributed by atoms with Crippen molar-refractivity contribution in [3.05, 3.63) is 53.6 Å². The van der Waals surface area contributed by atoms with E-state index >= 15 is 0 Å². The van der Waals surface area contributed by atoms with Gasteiger partial charge in [-0.3, -0.25) is 0 Å². The van der Waals surface area contributed by atoms with Gasteiger partial charge in [0.1, 0.15) is 5.75 Å². The van der Waals surface area contributed by atoms with Gasteiger partial charge in [-0.05, 0) is 35.4 Å². The molecule has 6 heteroatoms. The number of carbonyl (C=O) groups excluding carboxylic acids is 1. The van der Waals surface area contributed by atoms with E-state index in [1.807, 2.05) is 24.3 Å². The molecule has 0 heterocycles. The van der Waals surface area contributed by atoms with E-state index in [1.165, 1.54) is 20.3 Å². The molecule has 0 unspecified atom stereocenters. The van der Waals surface area contributed by atoms with Crippen LogP contribution in [0.4, 0.5) is 0 Å². The van der Waals surface area contributed by atoms with Crippen LogP contribution in [0, 0.1) is 0 Å². The Morgan fingerprint density at radius 1 is 1.00 bits per heavy atom. The Hall–Kier alpha value is -3.15. The largest absolute Gasteiger partial charge is 0.502 e. The van der Waals surface area contributed by atoms with Crippen LogP contribution in [0.5, 0.6) is 23.0 Å². The normalized spacial score (nSPS) is 10.6. The van der Waals surface area contributed by atoms with E-state index in [-0.39, 0.29) is 23.9 Å². The molecule has 0 fully saturated rings. The van der Waals surface area contributed by atoms with Crippen molar-refractivity contribution in [1.29, 1.82) is 0 Å². The third kappa shape index (κ3) is 4.92. The number of rotatable bonds is 8. The van der Waals surface area contributed by atoms with Crippen molar-refractivity contribution in [1.82, 2.24) is 0 Å². The molecule has 0 aliphatic carbocycles. The fourth-order valence-electron chi connectivity index (χ4n) is 2.39. The van der Waals surface area contributed by atoms with Crippen LogP contribution >= 0.6 is 0 Å². The summed E-state index contributed by atoms with van der Waals surface area (Å²) in [5.41, 5.74) is 1.61. The van der Waals surface area contributed by atoms with Gasteiger partial charge < -0.3 is 24.1 Å². The minimum atomic E-state index is -0.467. The van der Waals surface area contributed by atoms with Crippen LogP contribution in [-0.2, 0) is 16.0 Å². The maximum atomic E-state index is 11.9. The summed E-state index contributed by atoms with van der Waals surface area (Å²) in [7, 11) is 4.48. The lowest BCUT2D eigenvalue weighted by Gasteiger charge is -2.09. The van der Waals surface area contributed by atoms with Gasteiger partial charge in [0.05, 0.1) is 27.9 Å². The molecule has 1 N–H and O–H groups in total. The Morgan fingerprint density at radius 3 is 2.23 bits per heavy atom. The van der Waals surface area contributed by atoms with Crippen LogP contribution in [0.1, 0.15) is 11.1 Å². The molecule has 2 aromatic rings. The number of esters is 1. The lowest BCUT2D eigenvalue weighted by Crippen LogP contribution is -2.05. The van der Waals surface area contributed by atoms with E-state index in [1.54, 1.807) is 25.3 Å². The van der Waals surface area contributed by atoms with Crippen LogP contribution in [0.3, 0.4) is 0 Å². The molecule has 138 valence electrons. The molecule has 0 bridgehead atoms. The number of phenols is 1. The van der Waals surface area contributed by atoms with Gasteiger partial charge in [0.15, 0.2) is 11.5 Å². The molecule has 0 radical (unpaired) electrons. The Morgan fingerprint density at radius 2 is 1.62 bits per heavy atom. The molecular formula is C20H22O6. The third-order valence-electron chi connectivity index (χ3n) is 3.72. The number of ether oxygens (including phenoxy) is 4.